The second-order valence-electron chi connectivity index (χ2n) is 2.06. The van der Waals surface area contributed by atoms with E-state index in [1.165, 1.54) is 0 Å². The van der Waals surface area contributed by atoms with Crippen LogP contribution in [0.5, 0.6) is 0 Å². The van der Waals surface area contributed by atoms with E-state index in [1.54, 1.807) is 0 Å². The predicted octanol–water partition coefficient (Wildman–Crippen LogP) is 0.133. The highest BCUT2D eigenvalue weighted by molar-refractivity contribution is 4.91. The lowest BCUT2D eigenvalue weighted by molar-refractivity contribution is 0.745. The maximum Gasteiger partial charge on any atom is 0.147 e. The van der Waals surface area contributed by atoms with Crippen molar-refractivity contribution >= 4 is 0 Å². The van der Waals surface area contributed by atoms with Gasteiger partial charge in [0.1, 0.15) is 11.6 Å². The van der Waals surface area contributed by atoms with Crippen molar-refractivity contribution in [2.45, 2.75) is 19.9 Å². The SMILES string of the molecule is Cc1n[nH]c([C@H](C)N)n1. The first-order chi connectivity index (χ1) is 4.20. The van der Waals surface area contributed by atoms with Crippen LogP contribution in [0.15, 0.2) is 0 Å². The van der Waals surface area contributed by atoms with Crippen molar-refractivity contribution in [1.29, 1.82) is 0 Å². The van der Waals surface area contributed by atoms with Crippen molar-refractivity contribution in [1.82, 2.24) is 15.2 Å². The quantitative estimate of drug-likeness (QED) is 0.562. The Balaban J connectivity index is 2.85. The maximum absolute atomic E-state index is 5.49. The Hall–Kier alpha value is -0.900. The number of nitrogens with two attached hydrogens (primary N) is 1. The molecule has 3 N–H and O–H groups in total. The Morgan fingerprint density at radius 2 is 2.33 bits per heavy atom. The van der Waals surface area contributed by atoms with E-state index in [2.05, 4.69) is 15.2 Å². The van der Waals surface area contributed by atoms with Gasteiger partial charge in [-0.2, -0.15) is 5.10 Å². The van der Waals surface area contributed by atoms with Crippen molar-refractivity contribution in [3.63, 3.8) is 0 Å². The third-order valence-electron chi connectivity index (χ3n) is 1.05. The molecule has 0 aliphatic rings. The number of nitrogens with zero attached hydrogens (tertiary/aromatic N) is 2. The highest BCUT2D eigenvalue weighted by Gasteiger charge is 2.01. The van der Waals surface area contributed by atoms with Crippen molar-refractivity contribution in [2.75, 3.05) is 0 Å². The highest BCUT2D eigenvalue weighted by atomic mass is 15.2. The number of hydrogen-bond donors (Lipinski definition) is 2. The van der Waals surface area contributed by atoms with E-state index in [9.17, 15) is 0 Å². The number of rotatable bonds is 1. The van der Waals surface area contributed by atoms with Crippen molar-refractivity contribution in [2.24, 2.45) is 5.73 Å². The summed E-state index contributed by atoms with van der Waals surface area (Å²) in [5, 5.41) is 6.54. The van der Waals surface area contributed by atoms with Crippen molar-refractivity contribution in [3.05, 3.63) is 11.6 Å². The summed E-state index contributed by atoms with van der Waals surface area (Å²) in [4.78, 5) is 4.02. The number of aromatic amines is 1. The molecular weight excluding hydrogens is 116 g/mol. The highest BCUT2D eigenvalue weighted by Crippen LogP contribution is 1.99. The predicted molar refractivity (Wildman–Crippen MR) is 33.7 cm³/mol. The molecule has 0 saturated heterocycles. The smallest absolute Gasteiger partial charge is 0.147 e. The van der Waals surface area contributed by atoms with Gasteiger partial charge >= 0.3 is 0 Å². The molecule has 0 bridgehead atoms. The molecule has 1 aromatic heterocycles. The number of nitrogens with one attached hydrogen (secondary N) is 1. The van der Waals surface area contributed by atoms with Gasteiger partial charge in [-0.3, -0.25) is 5.10 Å². The molecule has 0 aliphatic heterocycles. The molecule has 0 unspecified atom stereocenters. The van der Waals surface area contributed by atoms with Gasteiger partial charge in [0.25, 0.3) is 0 Å². The number of aryl methyl sites for hydroxylation is 1. The molecule has 1 heterocycles. The van der Waals surface area contributed by atoms with E-state index < -0.39 is 0 Å². The van der Waals surface area contributed by atoms with Gasteiger partial charge in [-0.1, -0.05) is 0 Å². The van der Waals surface area contributed by atoms with Gasteiger partial charge in [-0.25, -0.2) is 4.98 Å². The molecule has 0 saturated carbocycles. The maximum atomic E-state index is 5.49. The first-order valence-electron chi connectivity index (χ1n) is 2.84. The molecule has 1 rings (SSSR count). The average molecular weight is 126 g/mol. The third-order valence-corrected chi connectivity index (χ3v) is 1.05. The van der Waals surface area contributed by atoms with Crippen LogP contribution in [0.25, 0.3) is 0 Å². The summed E-state index contributed by atoms with van der Waals surface area (Å²) in [5.74, 6) is 1.48. The summed E-state index contributed by atoms with van der Waals surface area (Å²) in [6.07, 6.45) is 0. The van der Waals surface area contributed by atoms with Gasteiger partial charge < -0.3 is 5.73 Å². The minimum Gasteiger partial charge on any atom is -0.322 e. The Morgan fingerprint density at radius 1 is 1.67 bits per heavy atom. The van der Waals surface area contributed by atoms with Crippen LogP contribution in [0, 0.1) is 6.92 Å². The molecule has 0 aromatic carbocycles. The fraction of sp³-hybridized carbons (Fsp3) is 0.600. The summed E-state index contributed by atoms with van der Waals surface area (Å²) in [6.45, 7) is 3.68. The van der Waals surface area contributed by atoms with Crippen LogP contribution < -0.4 is 5.73 Å². The van der Waals surface area contributed by atoms with Gasteiger partial charge in [0.2, 0.25) is 0 Å². The summed E-state index contributed by atoms with van der Waals surface area (Å²) < 4.78 is 0. The molecule has 0 amide bonds. The van der Waals surface area contributed by atoms with E-state index in [4.69, 9.17) is 5.73 Å². The van der Waals surface area contributed by atoms with Gasteiger partial charge in [-0.15, -0.1) is 0 Å². The standard InChI is InChI=1S/C5H10N4/c1-3(6)5-7-4(2)8-9-5/h3H,6H2,1-2H3,(H,7,8,9)/t3-/m0/s1. The van der Waals surface area contributed by atoms with Crippen molar-refractivity contribution < 1.29 is 0 Å². The van der Waals surface area contributed by atoms with E-state index in [0.717, 1.165) is 11.6 Å². The van der Waals surface area contributed by atoms with E-state index in [0.29, 0.717) is 0 Å². The third kappa shape index (κ3) is 1.26. The lowest BCUT2D eigenvalue weighted by Gasteiger charge is -1.94. The topological polar surface area (TPSA) is 67.6 Å². The summed E-state index contributed by atoms with van der Waals surface area (Å²) in [7, 11) is 0. The lowest BCUT2D eigenvalue weighted by atomic mass is 10.3. The minimum absolute atomic E-state index is 0.0498. The number of H-pyrrole nitrogens is 1. The normalized spacial score (nSPS) is 13.7. The van der Waals surface area contributed by atoms with Crippen LogP contribution in [0.2, 0.25) is 0 Å². The molecule has 0 fully saturated rings. The molecule has 0 radical (unpaired) electrons. The van der Waals surface area contributed by atoms with Crippen LogP contribution in [-0.4, -0.2) is 15.2 Å². The van der Waals surface area contributed by atoms with Crippen molar-refractivity contribution in [3.8, 4) is 0 Å². The van der Waals surface area contributed by atoms with E-state index in [-0.39, 0.29) is 6.04 Å². The second kappa shape index (κ2) is 2.14. The lowest BCUT2D eigenvalue weighted by Crippen LogP contribution is -2.06. The summed E-state index contributed by atoms with van der Waals surface area (Å²) >= 11 is 0. The largest absolute Gasteiger partial charge is 0.322 e. The molecule has 9 heavy (non-hydrogen) atoms. The summed E-state index contributed by atoms with van der Waals surface area (Å²) in [6, 6.07) is -0.0498. The van der Waals surface area contributed by atoms with Crippen LogP contribution in [0.3, 0.4) is 0 Å². The minimum atomic E-state index is -0.0498. The molecule has 4 nitrogen and oxygen atoms in total. The summed E-state index contributed by atoms with van der Waals surface area (Å²) in [5.41, 5.74) is 5.49. The van der Waals surface area contributed by atoms with Crippen LogP contribution in [0.1, 0.15) is 24.6 Å². The Bertz CT molecular complexity index is 191. The first kappa shape index (κ1) is 6.22. The first-order valence-corrected chi connectivity index (χ1v) is 2.84. The van der Waals surface area contributed by atoms with Gasteiger partial charge in [0, 0.05) is 0 Å². The van der Waals surface area contributed by atoms with Crippen LogP contribution in [-0.2, 0) is 0 Å². The zero-order valence-electron chi connectivity index (χ0n) is 5.55. The average Bonchev–Trinajstić information content (AvgIpc) is 2.14. The van der Waals surface area contributed by atoms with Gasteiger partial charge in [-0.05, 0) is 13.8 Å². The van der Waals surface area contributed by atoms with Crippen LogP contribution >= 0.6 is 0 Å². The fourth-order valence-electron chi connectivity index (χ4n) is 0.566. The van der Waals surface area contributed by atoms with Gasteiger partial charge in [0.15, 0.2) is 0 Å². The second-order valence-corrected chi connectivity index (χ2v) is 2.06. The molecule has 4 heteroatoms. The van der Waals surface area contributed by atoms with E-state index in [1.807, 2.05) is 13.8 Å². The Morgan fingerprint density at radius 3 is 2.56 bits per heavy atom. The number of hydrogen-bond acceptors (Lipinski definition) is 3. The zero-order chi connectivity index (χ0) is 6.85. The molecule has 50 valence electrons. The Labute approximate surface area is 53.5 Å². The fourth-order valence-corrected chi connectivity index (χ4v) is 0.566. The molecular formula is C5H10N4. The number of aromatic nitrogens is 3. The molecule has 0 aliphatic carbocycles. The molecule has 1 atom stereocenters. The zero-order valence-corrected chi connectivity index (χ0v) is 5.55. The monoisotopic (exact) mass is 126 g/mol. The Kier molecular flexibility index (Phi) is 1.48. The van der Waals surface area contributed by atoms with Crippen LogP contribution in [0.4, 0.5) is 0 Å². The van der Waals surface area contributed by atoms with E-state index >= 15 is 0 Å². The molecule has 0 spiro atoms. The molecule has 1 aromatic rings. The van der Waals surface area contributed by atoms with Gasteiger partial charge in [0.05, 0.1) is 6.04 Å².